The highest BCUT2D eigenvalue weighted by Crippen LogP contribution is 2.34. The average molecular weight is 215 g/mol. The van der Waals surface area contributed by atoms with Crippen molar-refractivity contribution in [3.63, 3.8) is 0 Å². The van der Waals surface area contributed by atoms with Crippen LogP contribution in [0.1, 0.15) is 33.6 Å². The molecule has 0 aromatic carbocycles. The number of ether oxygens (including phenoxy) is 1. The Balaban J connectivity index is 1.90. The summed E-state index contributed by atoms with van der Waals surface area (Å²) in [6.45, 7) is 7.46. The average Bonchev–Trinajstić information content (AvgIpc) is 2.60. The maximum atomic E-state index is 5.90. The standard InChI is InChI=1S/C11H21NOS/c1-10(2)8-13-11(3,12-10)6-9-4-5-14-7-9/h9,12H,4-8H2,1-3H3. The van der Waals surface area contributed by atoms with Crippen molar-refractivity contribution in [2.75, 3.05) is 18.1 Å². The highest BCUT2D eigenvalue weighted by atomic mass is 32.2. The van der Waals surface area contributed by atoms with Crippen LogP contribution in [0.25, 0.3) is 0 Å². The molecule has 0 spiro atoms. The molecule has 3 heteroatoms. The normalized spacial score (nSPS) is 41.8. The van der Waals surface area contributed by atoms with Crippen LogP contribution in [0.4, 0.5) is 0 Å². The summed E-state index contributed by atoms with van der Waals surface area (Å²) < 4.78 is 5.90. The summed E-state index contributed by atoms with van der Waals surface area (Å²) in [5.41, 5.74) is 0.0829. The molecule has 0 amide bonds. The van der Waals surface area contributed by atoms with E-state index in [1.54, 1.807) is 0 Å². The third-order valence-electron chi connectivity index (χ3n) is 3.06. The topological polar surface area (TPSA) is 21.3 Å². The Hall–Kier alpha value is 0.270. The zero-order valence-corrected chi connectivity index (χ0v) is 10.2. The van der Waals surface area contributed by atoms with Gasteiger partial charge in [-0.1, -0.05) is 0 Å². The minimum atomic E-state index is -0.0704. The number of rotatable bonds is 2. The number of thioether (sulfide) groups is 1. The maximum absolute atomic E-state index is 5.90. The Morgan fingerprint density at radius 2 is 2.21 bits per heavy atom. The highest BCUT2D eigenvalue weighted by molar-refractivity contribution is 7.99. The van der Waals surface area contributed by atoms with Gasteiger partial charge in [0.1, 0.15) is 5.72 Å². The molecule has 0 radical (unpaired) electrons. The molecule has 2 aliphatic rings. The molecule has 2 heterocycles. The molecule has 0 bridgehead atoms. The first-order valence-electron chi connectivity index (χ1n) is 5.50. The largest absolute Gasteiger partial charge is 0.359 e. The summed E-state index contributed by atoms with van der Waals surface area (Å²) in [6.07, 6.45) is 2.54. The highest BCUT2D eigenvalue weighted by Gasteiger charge is 2.41. The molecule has 2 nitrogen and oxygen atoms in total. The first kappa shape index (κ1) is 10.8. The van der Waals surface area contributed by atoms with Crippen LogP contribution in [0.5, 0.6) is 0 Å². The van der Waals surface area contributed by atoms with Gasteiger partial charge in [0, 0.05) is 5.54 Å². The van der Waals surface area contributed by atoms with Crippen molar-refractivity contribution in [2.24, 2.45) is 5.92 Å². The Labute approximate surface area is 91.2 Å². The van der Waals surface area contributed by atoms with Gasteiger partial charge in [-0.2, -0.15) is 11.8 Å². The SMILES string of the molecule is CC1(C)COC(C)(CC2CCSC2)N1. The smallest absolute Gasteiger partial charge is 0.117 e. The van der Waals surface area contributed by atoms with Crippen molar-refractivity contribution < 1.29 is 4.74 Å². The Morgan fingerprint density at radius 1 is 1.43 bits per heavy atom. The fraction of sp³-hybridized carbons (Fsp3) is 1.00. The van der Waals surface area contributed by atoms with Crippen LogP contribution in [-0.2, 0) is 4.74 Å². The second kappa shape index (κ2) is 3.69. The molecule has 0 aliphatic carbocycles. The lowest BCUT2D eigenvalue weighted by molar-refractivity contribution is -0.0111. The zero-order valence-electron chi connectivity index (χ0n) is 9.43. The molecular weight excluding hydrogens is 194 g/mol. The summed E-state index contributed by atoms with van der Waals surface area (Å²) in [4.78, 5) is 0. The molecular formula is C11H21NOS. The van der Waals surface area contributed by atoms with Gasteiger partial charge in [0.05, 0.1) is 6.61 Å². The van der Waals surface area contributed by atoms with E-state index in [1.807, 2.05) is 0 Å². The predicted molar refractivity (Wildman–Crippen MR) is 61.6 cm³/mol. The molecule has 14 heavy (non-hydrogen) atoms. The van der Waals surface area contributed by atoms with Gasteiger partial charge in [-0.05, 0) is 51.0 Å². The van der Waals surface area contributed by atoms with Crippen LogP contribution in [0.3, 0.4) is 0 Å². The van der Waals surface area contributed by atoms with E-state index in [9.17, 15) is 0 Å². The van der Waals surface area contributed by atoms with Crippen molar-refractivity contribution in [1.82, 2.24) is 5.32 Å². The number of hydrogen-bond acceptors (Lipinski definition) is 3. The number of hydrogen-bond donors (Lipinski definition) is 1. The summed E-state index contributed by atoms with van der Waals surface area (Å²) in [6, 6.07) is 0. The minimum Gasteiger partial charge on any atom is -0.359 e. The van der Waals surface area contributed by atoms with Crippen molar-refractivity contribution >= 4 is 11.8 Å². The van der Waals surface area contributed by atoms with E-state index in [-0.39, 0.29) is 11.3 Å². The van der Waals surface area contributed by atoms with Gasteiger partial charge >= 0.3 is 0 Å². The van der Waals surface area contributed by atoms with Crippen LogP contribution in [0.15, 0.2) is 0 Å². The molecule has 1 N–H and O–H groups in total. The Kier molecular flexibility index (Phi) is 2.84. The molecule has 2 aliphatic heterocycles. The van der Waals surface area contributed by atoms with Crippen molar-refractivity contribution in [1.29, 1.82) is 0 Å². The van der Waals surface area contributed by atoms with Gasteiger partial charge in [-0.3, -0.25) is 5.32 Å². The third-order valence-corrected chi connectivity index (χ3v) is 4.29. The predicted octanol–water partition coefficient (Wildman–Crippen LogP) is 2.24. The maximum Gasteiger partial charge on any atom is 0.117 e. The molecule has 2 saturated heterocycles. The van der Waals surface area contributed by atoms with Crippen LogP contribution in [0, 0.1) is 5.92 Å². The van der Waals surface area contributed by atoms with Crippen LogP contribution >= 0.6 is 11.8 Å². The third kappa shape index (κ3) is 2.44. The molecule has 2 fully saturated rings. The van der Waals surface area contributed by atoms with Gasteiger partial charge in [-0.15, -0.1) is 0 Å². The monoisotopic (exact) mass is 215 g/mol. The first-order chi connectivity index (χ1) is 6.49. The van der Waals surface area contributed by atoms with E-state index < -0.39 is 0 Å². The second-order valence-corrected chi connectivity index (χ2v) is 6.61. The van der Waals surface area contributed by atoms with Gasteiger partial charge in [0.25, 0.3) is 0 Å². The fourth-order valence-electron chi connectivity index (χ4n) is 2.53. The molecule has 2 atom stereocenters. The lowest BCUT2D eigenvalue weighted by atomic mass is 9.96. The molecule has 0 aromatic rings. The van der Waals surface area contributed by atoms with Gasteiger partial charge in [0.15, 0.2) is 0 Å². The number of nitrogens with one attached hydrogen (secondary N) is 1. The summed E-state index contributed by atoms with van der Waals surface area (Å²) in [5, 5.41) is 3.60. The first-order valence-corrected chi connectivity index (χ1v) is 6.66. The van der Waals surface area contributed by atoms with E-state index in [4.69, 9.17) is 4.74 Å². The lowest BCUT2D eigenvalue weighted by Gasteiger charge is -2.29. The summed E-state index contributed by atoms with van der Waals surface area (Å²) in [7, 11) is 0. The molecule has 0 aromatic heterocycles. The van der Waals surface area contributed by atoms with Gasteiger partial charge in [-0.25, -0.2) is 0 Å². The Morgan fingerprint density at radius 3 is 2.71 bits per heavy atom. The van der Waals surface area contributed by atoms with Gasteiger partial charge < -0.3 is 4.74 Å². The van der Waals surface area contributed by atoms with Crippen LogP contribution in [-0.4, -0.2) is 29.4 Å². The van der Waals surface area contributed by atoms with Crippen molar-refractivity contribution in [3.8, 4) is 0 Å². The fourth-order valence-corrected chi connectivity index (χ4v) is 3.82. The van der Waals surface area contributed by atoms with Crippen LogP contribution in [0.2, 0.25) is 0 Å². The molecule has 0 saturated carbocycles. The van der Waals surface area contributed by atoms with E-state index in [0.29, 0.717) is 0 Å². The van der Waals surface area contributed by atoms with E-state index in [2.05, 4.69) is 37.8 Å². The molecule has 2 unspecified atom stereocenters. The molecule has 82 valence electrons. The second-order valence-electron chi connectivity index (χ2n) is 5.46. The Bertz CT molecular complexity index is 213. The van der Waals surface area contributed by atoms with Crippen molar-refractivity contribution in [3.05, 3.63) is 0 Å². The van der Waals surface area contributed by atoms with Crippen LogP contribution < -0.4 is 5.32 Å². The minimum absolute atomic E-state index is 0.0704. The summed E-state index contributed by atoms with van der Waals surface area (Å²) in [5.74, 6) is 3.51. The van der Waals surface area contributed by atoms with E-state index >= 15 is 0 Å². The van der Waals surface area contributed by atoms with E-state index in [1.165, 1.54) is 24.3 Å². The molecule has 2 rings (SSSR count). The van der Waals surface area contributed by atoms with Crippen molar-refractivity contribution in [2.45, 2.75) is 44.9 Å². The lowest BCUT2D eigenvalue weighted by Crippen LogP contribution is -2.47. The van der Waals surface area contributed by atoms with Gasteiger partial charge in [0.2, 0.25) is 0 Å². The van der Waals surface area contributed by atoms with E-state index in [0.717, 1.165) is 12.5 Å². The quantitative estimate of drug-likeness (QED) is 0.763. The summed E-state index contributed by atoms with van der Waals surface area (Å²) >= 11 is 2.08. The zero-order chi connectivity index (χ0) is 10.2.